The summed E-state index contributed by atoms with van der Waals surface area (Å²) in [5, 5.41) is 30.1. The summed E-state index contributed by atoms with van der Waals surface area (Å²) in [5.74, 6) is -0.171. The summed E-state index contributed by atoms with van der Waals surface area (Å²) in [5.41, 5.74) is -0.0885. The lowest BCUT2D eigenvalue weighted by atomic mass is 10.1. The van der Waals surface area contributed by atoms with Gasteiger partial charge in [-0.05, 0) is 6.07 Å². The Morgan fingerprint density at radius 3 is 2.88 bits per heavy atom. The van der Waals surface area contributed by atoms with Crippen LogP contribution in [-0.2, 0) is 0 Å². The maximum atomic E-state index is 10.6. The lowest BCUT2D eigenvalue weighted by Crippen LogP contribution is -2.02. The Labute approximate surface area is 99.8 Å². The highest BCUT2D eigenvalue weighted by Gasteiger charge is 2.16. The fraction of sp³-hybridized carbons (Fsp3) is 0. The Bertz CT molecular complexity index is 580. The smallest absolute Gasteiger partial charge is 0.270 e. The minimum atomic E-state index is -0.571. The summed E-state index contributed by atoms with van der Waals surface area (Å²) in [6.45, 7) is 0. The van der Waals surface area contributed by atoms with Crippen molar-refractivity contribution in [2.75, 3.05) is 0 Å². The molecule has 0 fully saturated rings. The van der Waals surface area contributed by atoms with Gasteiger partial charge in [0.1, 0.15) is 16.5 Å². The van der Waals surface area contributed by atoms with Crippen LogP contribution in [0, 0.1) is 15.5 Å². The minimum absolute atomic E-state index is 0.0267. The van der Waals surface area contributed by atoms with Crippen molar-refractivity contribution in [1.29, 1.82) is 5.41 Å². The van der Waals surface area contributed by atoms with Gasteiger partial charge in [-0.2, -0.15) is 0 Å². The monoisotopic (exact) mass is 249 g/mol. The molecule has 0 spiro atoms. The minimum Gasteiger partial charge on any atom is -0.507 e. The highest BCUT2D eigenvalue weighted by Crippen LogP contribution is 2.25. The van der Waals surface area contributed by atoms with E-state index in [-0.39, 0.29) is 22.7 Å². The van der Waals surface area contributed by atoms with Crippen molar-refractivity contribution in [2.24, 2.45) is 0 Å². The van der Waals surface area contributed by atoms with Gasteiger partial charge in [0.15, 0.2) is 0 Å². The summed E-state index contributed by atoms with van der Waals surface area (Å²) < 4.78 is 0. The molecule has 1 aromatic carbocycles. The quantitative estimate of drug-likeness (QED) is 0.494. The second kappa shape index (κ2) is 4.30. The highest BCUT2D eigenvalue weighted by atomic mass is 32.1. The molecule has 1 aromatic heterocycles. The molecule has 0 aliphatic heterocycles. The third kappa shape index (κ3) is 2.13. The first-order valence-electron chi connectivity index (χ1n) is 4.56. The van der Waals surface area contributed by atoms with E-state index in [1.54, 1.807) is 5.38 Å². The summed E-state index contributed by atoms with van der Waals surface area (Å²) in [4.78, 5) is 14.0. The molecule has 0 atom stereocenters. The first-order chi connectivity index (χ1) is 8.09. The third-order valence-electron chi connectivity index (χ3n) is 2.11. The van der Waals surface area contributed by atoms with Crippen molar-refractivity contribution >= 4 is 22.7 Å². The summed E-state index contributed by atoms with van der Waals surface area (Å²) in [7, 11) is 0. The summed E-state index contributed by atoms with van der Waals surface area (Å²) >= 11 is 1.23. The molecule has 6 nitrogen and oxygen atoms in total. The van der Waals surface area contributed by atoms with Crippen molar-refractivity contribution in [3.63, 3.8) is 0 Å². The zero-order chi connectivity index (χ0) is 12.4. The number of thiazole rings is 1. The van der Waals surface area contributed by atoms with Crippen LogP contribution in [0.2, 0.25) is 0 Å². The molecular weight excluding hydrogens is 242 g/mol. The standard InChI is InChI=1S/C10H7N3O3S/c11-9(10-12-3-4-17-10)7-5-6(13(15)16)1-2-8(7)14/h1-5,11,14H. The molecular formula is C10H7N3O3S. The number of aromatic nitrogens is 1. The number of aromatic hydroxyl groups is 1. The van der Waals surface area contributed by atoms with Crippen molar-refractivity contribution in [3.8, 4) is 5.75 Å². The number of rotatable bonds is 3. The van der Waals surface area contributed by atoms with Crippen LogP contribution in [0.5, 0.6) is 5.75 Å². The molecule has 0 unspecified atom stereocenters. The average molecular weight is 249 g/mol. The van der Waals surface area contributed by atoms with Gasteiger partial charge in [-0.15, -0.1) is 11.3 Å². The van der Waals surface area contributed by atoms with Gasteiger partial charge in [0.05, 0.1) is 10.5 Å². The number of hydrogen-bond acceptors (Lipinski definition) is 6. The molecule has 0 aliphatic rings. The zero-order valence-electron chi connectivity index (χ0n) is 8.45. The van der Waals surface area contributed by atoms with Crippen LogP contribution in [0.4, 0.5) is 5.69 Å². The van der Waals surface area contributed by atoms with Gasteiger partial charge in [-0.3, -0.25) is 15.5 Å². The molecule has 2 N–H and O–H groups in total. The van der Waals surface area contributed by atoms with E-state index in [4.69, 9.17) is 5.41 Å². The first-order valence-corrected chi connectivity index (χ1v) is 5.44. The van der Waals surface area contributed by atoms with Crippen LogP contribution >= 0.6 is 11.3 Å². The maximum Gasteiger partial charge on any atom is 0.270 e. The molecule has 0 aliphatic carbocycles. The SMILES string of the molecule is N=C(c1nccs1)c1cc([N+](=O)[O-])ccc1O. The number of benzene rings is 1. The second-order valence-electron chi connectivity index (χ2n) is 3.17. The number of nitrogens with zero attached hydrogens (tertiary/aromatic N) is 2. The third-order valence-corrected chi connectivity index (χ3v) is 2.90. The Hall–Kier alpha value is -2.28. The van der Waals surface area contributed by atoms with Crippen molar-refractivity contribution in [3.05, 3.63) is 50.5 Å². The Morgan fingerprint density at radius 1 is 1.53 bits per heavy atom. The lowest BCUT2D eigenvalue weighted by Gasteiger charge is -2.03. The molecule has 2 aromatic rings. The zero-order valence-corrected chi connectivity index (χ0v) is 9.27. The number of phenolic OH excluding ortho intramolecular Hbond substituents is 1. The number of nitrogens with one attached hydrogen (secondary N) is 1. The number of nitro benzene ring substituents is 1. The Balaban J connectivity index is 2.48. The van der Waals surface area contributed by atoms with Crippen molar-refractivity contribution in [1.82, 2.24) is 4.98 Å². The largest absolute Gasteiger partial charge is 0.507 e. The van der Waals surface area contributed by atoms with E-state index in [1.807, 2.05) is 0 Å². The van der Waals surface area contributed by atoms with Gasteiger partial charge in [0.25, 0.3) is 5.69 Å². The number of phenols is 1. The van der Waals surface area contributed by atoms with E-state index in [9.17, 15) is 15.2 Å². The van der Waals surface area contributed by atoms with Gasteiger partial charge < -0.3 is 5.11 Å². The predicted octanol–water partition coefficient (Wildman–Crippen LogP) is 2.17. The summed E-state index contributed by atoms with van der Waals surface area (Å²) in [6, 6.07) is 3.56. The Morgan fingerprint density at radius 2 is 2.29 bits per heavy atom. The maximum absolute atomic E-state index is 10.6. The van der Waals surface area contributed by atoms with Gasteiger partial charge in [0, 0.05) is 23.7 Å². The van der Waals surface area contributed by atoms with Gasteiger partial charge >= 0.3 is 0 Å². The van der Waals surface area contributed by atoms with Crippen molar-refractivity contribution < 1.29 is 10.0 Å². The Kier molecular flexibility index (Phi) is 2.84. The molecule has 0 radical (unpaired) electrons. The van der Waals surface area contributed by atoms with Crippen LogP contribution in [0.1, 0.15) is 10.6 Å². The van der Waals surface area contributed by atoms with Gasteiger partial charge in [-0.1, -0.05) is 0 Å². The average Bonchev–Trinajstić information content (AvgIpc) is 2.81. The van der Waals surface area contributed by atoms with Gasteiger partial charge in [0.2, 0.25) is 0 Å². The van der Waals surface area contributed by atoms with Crippen LogP contribution in [0.25, 0.3) is 0 Å². The fourth-order valence-electron chi connectivity index (χ4n) is 1.30. The van der Waals surface area contributed by atoms with E-state index in [0.717, 1.165) is 0 Å². The molecule has 17 heavy (non-hydrogen) atoms. The molecule has 0 saturated carbocycles. The lowest BCUT2D eigenvalue weighted by molar-refractivity contribution is -0.384. The number of nitro groups is 1. The van der Waals surface area contributed by atoms with Crippen LogP contribution in [0.3, 0.4) is 0 Å². The van der Waals surface area contributed by atoms with Crippen LogP contribution in [-0.4, -0.2) is 20.7 Å². The molecule has 7 heteroatoms. The van der Waals surface area contributed by atoms with E-state index in [0.29, 0.717) is 5.01 Å². The summed E-state index contributed by atoms with van der Waals surface area (Å²) in [6.07, 6.45) is 1.53. The molecule has 0 amide bonds. The molecule has 86 valence electrons. The normalized spacial score (nSPS) is 10.1. The van der Waals surface area contributed by atoms with E-state index in [2.05, 4.69) is 4.98 Å². The molecule has 1 heterocycles. The highest BCUT2D eigenvalue weighted by molar-refractivity contribution is 7.11. The van der Waals surface area contributed by atoms with Crippen molar-refractivity contribution in [2.45, 2.75) is 0 Å². The number of hydrogen-bond donors (Lipinski definition) is 2. The van der Waals surface area contributed by atoms with E-state index in [1.165, 1.54) is 35.7 Å². The van der Waals surface area contributed by atoms with Gasteiger partial charge in [-0.25, -0.2) is 4.98 Å². The van der Waals surface area contributed by atoms with E-state index >= 15 is 0 Å². The first kappa shape index (κ1) is 11.2. The molecule has 0 bridgehead atoms. The topological polar surface area (TPSA) is 100 Å². The number of non-ortho nitro benzene ring substituents is 1. The van der Waals surface area contributed by atoms with E-state index < -0.39 is 4.92 Å². The fourth-order valence-corrected chi connectivity index (χ4v) is 1.90. The molecule has 0 saturated heterocycles. The van der Waals surface area contributed by atoms with Crippen LogP contribution in [0.15, 0.2) is 29.8 Å². The van der Waals surface area contributed by atoms with Crippen LogP contribution < -0.4 is 0 Å². The predicted molar refractivity (Wildman–Crippen MR) is 62.8 cm³/mol. The second-order valence-corrected chi connectivity index (χ2v) is 4.07. The molecule has 2 rings (SSSR count).